The fourth-order valence-corrected chi connectivity index (χ4v) is 2.65. The van der Waals surface area contributed by atoms with Crippen LogP contribution >= 0.6 is 0 Å². The molecule has 0 aliphatic heterocycles. The molecule has 0 radical (unpaired) electrons. The fourth-order valence-electron chi connectivity index (χ4n) is 2.65. The molecule has 1 fully saturated rings. The second kappa shape index (κ2) is 5.16. The summed E-state index contributed by atoms with van der Waals surface area (Å²) in [5, 5.41) is 9.11. The molecule has 1 nitrogen and oxygen atoms in total. The third kappa shape index (κ3) is 2.84. The Morgan fingerprint density at radius 3 is 2.47 bits per heavy atom. The van der Waals surface area contributed by atoms with Crippen LogP contribution in [-0.2, 0) is 0 Å². The Balaban J connectivity index is 2.56. The molecule has 1 heteroatoms. The minimum atomic E-state index is 0.235. The smallest absolute Gasteiger partial charge is 0.0641 e. The summed E-state index contributed by atoms with van der Waals surface area (Å²) in [6.07, 6.45) is 7.13. The number of hydrogen-bond donors (Lipinski definition) is 1. The molecule has 1 aliphatic rings. The molecular weight excluding hydrogens is 184 g/mol. The number of rotatable bonds is 4. The molecule has 1 saturated carbocycles. The average Bonchev–Trinajstić information content (AvgIpc) is 2.45. The Hall–Kier alpha value is -0.300. The van der Waals surface area contributed by atoms with Gasteiger partial charge in [0, 0.05) is 0 Å². The largest absolute Gasteiger partial charge is 0.392 e. The first kappa shape index (κ1) is 12.8. The molecule has 0 aromatic heterocycles. The van der Waals surface area contributed by atoms with E-state index in [1.165, 1.54) is 18.4 Å². The SMILES string of the molecule is CCC(=CCC1CCC(C)C1(C)C)CO. The van der Waals surface area contributed by atoms with Crippen molar-refractivity contribution in [3.8, 4) is 0 Å². The van der Waals surface area contributed by atoms with Gasteiger partial charge in [0.05, 0.1) is 6.61 Å². The number of aliphatic hydroxyl groups is 1. The van der Waals surface area contributed by atoms with Gasteiger partial charge in [0.2, 0.25) is 0 Å². The van der Waals surface area contributed by atoms with Crippen molar-refractivity contribution < 1.29 is 5.11 Å². The zero-order valence-electron chi connectivity index (χ0n) is 10.7. The van der Waals surface area contributed by atoms with E-state index >= 15 is 0 Å². The van der Waals surface area contributed by atoms with Gasteiger partial charge < -0.3 is 5.11 Å². The molecule has 0 aromatic carbocycles. The third-order valence-electron chi connectivity index (χ3n) is 4.62. The van der Waals surface area contributed by atoms with E-state index < -0.39 is 0 Å². The maximum atomic E-state index is 9.11. The van der Waals surface area contributed by atoms with E-state index in [0.717, 1.165) is 24.7 Å². The first-order valence-corrected chi connectivity index (χ1v) is 6.31. The van der Waals surface area contributed by atoms with Crippen LogP contribution in [0.1, 0.15) is 53.4 Å². The van der Waals surface area contributed by atoms with Gasteiger partial charge in [-0.2, -0.15) is 0 Å². The summed E-state index contributed by atoms with van der Waals surface area (Å²) in [6, 6.07) is 0. The first-order valence-electron chi connectivity index (χ1n) is 6.31. The Morgan fingerprint density at radius 1 is 1.40 bits per heavy atom. The lowest BCUT2D eigenvalue weighted by Crippen LogP contribution is -2.22. The van der Waals surface area contributed by atoms with E-state index in [1.807, 2.05) is 0 Å². The van der Waals surface area contributed by atoms with Gasteiger partial charge in [-0.3, -0.25) is 0 Å². The highest BCUT2D eigenvalue weighted by molar-refractivity contribution is 5.04. The van der Waals surface area contributed by atoms with Gasteiger partial charge in [0.15, 0.2) is 0 Å². The Kier molecular flexibility index (Phi) is 4.39. The van der Waals surface area contributed by atoms with Gasteiger partial charge in [-0.25, -0.2) is 0 Å². The molecule has 2 atom stereocenters. The zero-order chi connectivity index (χ0) is 11.5. The Morgan fingerprint density at radius 2 is 2.07 bits per heavy atom. The molecule has 0 spiro atoms. The Labute approximate surface area is 94.6 Å². The van der Waals surface area contributed by atoms with Crippen LogP contribution in [0.15, 0.2) is 11.6 Å². The first-order chi connectivity index (χ1) is 7.02. The van der Waals surface area contributed by atoms with E-state index in [-0.39, 0.29) is 6.61 Å². The van der Waals surface area contributed by atoms with Crippen LogP contribution in [0.2, 0.25) is 0 Å². The van der Waals surface area contributed by atoms with Crippen molar-refractivity contribution in [3.63, 3.8) is 0 Å². The van der Waals surface area contributed by atoms with E-state index in [2.05, 4.69) is 33.8 Å². The highest BCUT2D eigenvalue weighted by Crippen LogP contribution is 2.48. The van der Waals surface area contributed by atoms with Crippen molar-refractivity contribution in [1.82, 2.24) is 0 Å². The number of allylic oxidation sites excluding steroid dienone is 1. The van der Waals surface area contributed by atoms with Crippen molar-refractivity contribution in [3.05, 3.63) is 11.6 Å². The van der Waals surface area contributed by atoms with Gasteiger partial charge in [-0.05, 0) is 48.5 Å². The number of hydrogen-bond acceptors (Lipinski definition) is 1. The second-order valence-electron chi connectivity index (χ2n) is 5.61. The lowest BCUT2D eigenvalue weighted by molar-refractivity contribution is 0.199. The van der Waals surface area contributed by atoms with Crippen molar-refractivity contribution in [2.75, 3.05) is 6.61 Å². The normalized spacial score (nSPS) is 30.9. The molecule has 1 N–H and O–H groups in total. The molecule has 88 valence electrons. The van der Waals surface area contributed by atoms with E-state index in [4.69, 9.17) is 5.11 Å². The van der Waals surface area contributed by atoms with E-state index in [1.54, 1.807) is 0 Å². The third-order valence-corrected chi connectivity index (χ3v) is 4.62. The van der Waals surface area contributed by atoms with Crippen molar-refractivity contribution in [1.29, 1.82) is 0 Å². The van der Waals surface area contributed by atoms with Crippen molar-refractivity contribution in [2.24, 2.45) is 17.3 Å². The minimum absolute atomic E-state index is 0.235. The predicted molar refractivity (Wildman–Crippen MR) is 65.7 cm³/mol. The minimum Gasteiger partial charge on any atom is -0.392 e. The number of aliphatic hydroxyl groups excluding tert-OH is 1. The summed E-state index contributed by atoms with van der Waals surface area (Å²) in [6.45, 7) is 9.52. The maximum Gasteiger partial charge on any atom is 0.0641 e. The molecular formula is C14H26O. The lowest BCUT2D eigenvalue weighted by atomic mass is 9.75. The summed E-state index contributed by atoms with van der Waals surface area (Å²) in [7, 11) is 0. The van der Waals surface area contributed by atoms with Crippen LogP contribution in [0, 0.1) is 17.3 Å². The Bertz CT molecular complexity index is 221. The van der Waals surface area contributed by atoms with Crippen LogP contribution in [0.25, 0.3) is 0 Å². The molecule has 2 unspecified atom stereocenters. The monoisotopic (exact) mass is 210 g/mol. The van der Waals surface area contributed by atoms with Gasteiger partial charge in [-0.15, -0.1) is 0 Å². The summed E-state index contributed by atoms with van der Waals surface area (Å²) >= 11 is 0. The zero-order valence-corrected chi connectivity index (χ0v) is 10.7. The van der Waals surface area contributed by atoms with Gasteiger partial charge in [0.25, 0.3) is 0 Å². The fraction of sp³-hybridized carbons (Fsp3) is 0.857. The second-order valence-corrected chi connectivity index (χ2v) is 5.61. The van der Waals surface area contributed by atoms with Crippen LogP contribution in [0.5, 0.6) is 0 Å². The van der Waals surface area contributed by atoms with Crippen LogP contribution in [0.3, 0.4) is 0 Å². The molecule has 1 rings (SSSR count). The van der Waals surface area contributed by atoms with Crippen LogP contribution < -0.4 is 0 Å². The molecule has 0 heterocycles. The lowest BCUT2D eigenvalue weighted by Gasteiger charge is -2.30. The molecule has 0 bridgehead atoms. The van der Waals surface area contributed by atoms with Gasteiger partial charge in [0.1, 0.15) is 0 Å². The molecule has 0 saturated heterocycles. The van der Waals surface area contributed by atoms with Gasteiger partial charge >= 0.3 is 0 Å². The summed E-state index contributed by atoms with van der Waals surface area (Å²) in [5.41, 5.74) is 1.68. The summed E-state index contributed by atoms with van der Waals surface area (Å²) < 4.78 is 0. The van der Waals surface area contributed by atoms with E-state index in [9.17, 15) is 0 Å². The molecule has 15 heavy (non-hydrogen) atoms. The van der Waals surface area contributed by atoms with Crippen LogP contribution in [-0.4, -0.2) is 11.7 Å². The molecule has 1 aliphatic carbocycles. The highest BCUT2D eigenvalue weighted by atomic mass is 16.3. The quantitative estimate of drug-likeness (QED) is 0.700. The van der Waals surface area contributed by atoms with Gasteiger partial charge in [-0.1, -0.05) is 33.8 Å². The summed E-state index contributed by atoms with van der Waals surface area (Å²) in [4.78, 5) is 0. The average molecular weight is 210 g/mol. The van der Waals surface area contributed by atoms with E-state index in [0.29, 0.717) is 5.41 Å². The van der Waals surface area contributed by atoms with Crippen LogP contribution in [0.4, 0.5) is 0 Å². The van der Waals surface area contributed by atoms with Crippen molar-refractivity contribution >= 4 is 0 Å². The highest BCUT2D eigenvalue weighted by Gasteiger charge is 2.39. The topological polar surface area (TPSA) is 20.2 Å². The standard InChI is InChI=1S/C14H26O/c1-5-12(10-15)7-9-13-8-6-11(2)14(13,3)4/h7,11,13,15H,5-6,8-10H2,1-4H3. The maximum absolute atomic E-state index is 9.11. The summed E-state index contributed by atoms with van der Waals surface area (Å²) in [5.74, 6) is 1.65. The van der Waals surface area contributed by atoms with Crippen molar-refractivity contribution in [2.45, 2.75) is 53.4 Å². The molecule has 0 amide bonds. The molecule has 0 aromatic rings. The predicted octanol–water partition coefficient (Wildman–Crippen LogP) is 3.78.